The lowest BCUT2D eigenvalue weighted by Gasteiger charge is -2.28. The summed E-state index contributed by atoms with van der Waals surface area (Å²) in [6.07, 6.45) is 1.88. The van der Waals surface area contributed by atoms with Crippen molar-refractivity contribution in [2.75, 3.05) is 19.6 Å². The van der Waals surface area contributed by atoms with Gasteiger partial charge in [0, 0.05) is 25.2 Å². The minimum atomic E-state index is -0.886. The second-order valence-electron chi connectivity index (χ2n) is 6.90. The molecule has 6 heteroatoms. The normalized spacial score (nSPS) is 26.6. The number of rotatable bonds is 3. The number of hydrogen-bond donors (Lipinski definition) is 1. The van der Waals surface area contributed by atoms with Crippen LogP contribution in [-0.4, -0.2) is 58.4 Å². The molecule has 0 bridgehead atoms. The van der Waals surface area contributed by atoms with Crippen molar-refractivity contribution in [2.45, 2.75) is 32.2 Å². The van der Waals surface area contributed by atoms with Crippen LogP contribution in [0, 0.1) is 5.41 Å². The van der Waals surface area contributed by atoms with E-state index in [-0.39, 0.29) is 18.4 Å². The van der Waals surface area contributed by atoms with Crippen LogP contribution >= 0.6 is 0 Å². The molecule has 3 rings (SSSR count). The van der Waals surface area contributed by atoms with Crippen LogP contribution in [0.4, 0.5) is 0 Å². The van der Waals surface area contributed by atoms with E-state index in [2.05, 4.69) is 0 Å². The zero-order valence-electron chi connectivity index (χ0n) is 13.8. The van der Waals surface area contributed by atoms with Crippen molar-refractivity contribution in [1.29, 1.82) is 0 Å². The monoisotopic (exact) mass is 330 g/mol. The SMILES string of the molecule is CC1(C(=O)O)CCN(C(=O)C2CCCN2C(=O)c2ccccc2)C1. The Labute approximate surface area is 141 Å². The van der Waals surface area contributed by atoms with Gasteiger partial charge >= 0.3 is 5.97 Å². The zero-order valence-corrected chi connectivity index (χ0v) is 13.8. The van der Waals surface area contributed by atoms with Gasteiger partial charge in [0.25, 0.3) is 5.91 Å². The second-order valence-corrected chi connectivity index (χ2v) is 6.90. The van der Waals surface area contributed by atoms with Gasteiger partial charge in [-0.2, -0.15) is 0 Å². The van der Waals surface area contributed by atoms with Gasteiger partial charge in [-0.05, 0) is 38.3 Å². The van der Waals surface area contributed by atoms with E-state index in [9.17, 15) is 19.5 Å². The molecule has 2 unspecified atom stereocenters. The Morgan fingerprint density at radius 2 is 1.88 bits per heavy atom. The van der Waals surface area contributed by atoms with E-state index in [0.717, 1.165) is 6.42 Å². The molecule has 2 aliphatic rings. The summed E-state index contributed by atoms with van der Waals surface area (Å²) in [4.78, 5) is 40.1. The standard InChI is InChI=1S/C18H22N2O4/c1-18(17(23)24)9-11-19(12-18)16(22)14-8-5-10-20(14)15(21)13-6-3-2-4-7-13/h2-4,6-7,14H,5,8-12H2,1H3,(H,23,24). The number of hydrogen-bond acceptors (Lipinski definition) is 3. The smallest absolute Gasteiger partial charge is 0.311 e. The molecule has 2 fully saturated rings. The molecule has 2 heterocycles. The first-order chi connectivity index (χ1) is 11.4. The molecule has 1 aromatic rings. The lowest BCUT2D eigenvalue weighted by atomic mass is 9.90. The van der Waals surface area contributed by atoms with Gasteiger partial charge in [0.2, 0.25) is 5.91 Å². The zero-order chi connectivity index (χ0) is 17.3. The highest BCUT2D eigenvalue weighted by atomic mass is 16.4. The maximum atomic E-state index is 12.8. The number of carboxylic acids is 1. The summed E-state index contributed by atoms with van der Waals surface area (Å²) < 4.78 is 0. The molecular formula is C18H22N2O4. The molecule has 2 amide bonds. The summed E-state index contributed by atoms with van der Waals surface area (Å²) in [7, 11) is 0. The average Bonchev–Trinajstić information content (AvgIpc) is 3.22. The molecule has 128 valence electrons. The van der Waals surface area contributed by atoms with Crippen LogP contribution in [0.15, 0.2) is 30.3 Å². The van der Waals surface area contributed by atoms with Gasteiger partial charge in [-0.25, -0.2) is 0 Å². The topological polar surface area (TPSA) is 77.9 Å². The average molecular weight is 330 g/mol. The fourth-order valence-electron chi connectivity index (χ4n) is 3.55. The van der Waals surface area contributed by atoms with Gasteiger partial charge < -0.3 is 14.9 Å². The number of aliphatic carboxylic acids is 1. The molecule has 0 aliphatic carbocycles. The highest BCUT2D eigenvalue weighted by Crippen LogP contribution is 2.32. The number of nitrogens with zero attached hydrogens (tertiary/aromatic N) is 2. The minimum absolute atomic E-state index is 0.123. The van der Waals surface area contributed by atoms with E-state index in [1.807, 2.05) is 6.07 Å². The fourth-order valence-corrected chi connectivity index (χ4v) is 3.55. The largest absolute Gasteiger partial charge is 0.481 e. The van der Waals surface area contributed by atoms with Crippen molar-refractivity contribution in [2.24, 2.45) is 5.41 Å². The molecule has 2 aliphatic heterocycles. The summed E-state index contributed by atoms with van der Waals surface area (Å²) in [6.45, 7) is 2.88. The Morgan fingerprint density at radius 3 is 2.50 bits per heavy atom. The predicted octanol–water partition coefficient (Wildman–Crippen LogP) is 1.61. The van der Waals surface area contributed by atoms with Crippen molar-refractivity contribution >= 4 is 17.8 Å². The number of carboxylic acid groups (broad SMARTS) is 1. The fraction of sp³-hybridized carbons (Fsp3) is 0.500. The van der Waals surface area contributed by atoms with Crippen LogP contribution in [0.2, 0.25) is 0 Å². The van der Waals surface area contributed by atoms with Gasteiger partial charge in [-0.15, -0.1) is 0 Å². The van der Waals surface area contributed by atoms with E-state index in [0.29, 0.717) is 31.5 Å². The van der Waals surface area contributed by atoms with Gasteiger partial charge in [0.1, 0.15) is 6.04 Å². The molecule has 2 saturated heterocycles. The Balaban J connectivity index is 1.73. The van der Waals surface area contributed by atoms with E-state index >= 15 is 0 Å². The Bertz CT molecular complexity index is 660. The Morgan fingerprint density at radius 1 is 1.17 bits per heavy atom. The summed E-state index contributed by atoms with van der Waals surface area (Å²) >= 11 is 0. The lowest BCUT2D eigenvalue weighted by Crippen LogP contribution is -2.48. The number of benzene rings is 1. The summed E-state index contributed by atoms with van der Waals surface area (Å²) in [6, 6.07) is 8.48. The van der Waals surface area contributed by atoms with Crippen LogP contribution in [0.5, 0.6) is 0 Å². The van der Waals surface area contributed by atoms with Crippen molar-refractivity contribution in [3.8, 4) is 0 Å². The van der Waals surface area contributed by atoms with Crippen molar-refractivity contribution in [3.63, 3.8) is 0 Å². The summed E-state index contributed by atoms with van der Waals surface area (Å²) in [5, 5.41) is 9.32. The first-order valence-corrected chi connectivity index (χ1v) is 8.30. The first-order valence-electron chi connectivity index (χ1n) is 8.30. The number of amides is 2. The molecule has 0 saturated carbocycles. The number of carbonyl (C=O) groups is 3. The van der Waals surface area contributed by atoms with E-state index in [1.165, 1.54) is 0 Å². The third-order valence-electron chi connectivity index (χ3n) is 5.12. The van der Waals surface area contributed by atoms with Crippen LogP contribution < -0.4 is 0 Å². The predicted molar refractivity (Wildman–Crippen MR) is 87.4 cm³/mol. The highest BCUT2D eigenvalue weighted by Gasteiger charge is 2.45. The number of carbonyl (C=O) groups excluding carboxylic acids is 2. The molecular weight excluding hydrogens is 308 g/mol. The molecule has 24 heavy (non-hydrogen) atoms. The number of likely N-dealkylation sites (tertiary alicyclic amines) is 2. The molecule has 0 spiro atoms. The van der Waals surface area contributed by atoms with Gasteiger partial charge in [-0.3, -0.25) is 14.4 Å². The third kappa shape index (κ3) is 2.88. The van der Waals surface area contributed by atoms with Crippen LogP contribution in [0.25, 0.3) is 0 Å². The van der Waals surface area contributed by atoms with E-state index in [4.69, 9.17) is 0 Å². The van der Waals surface area contributed by atoms with E-state index in [1.54, 1.807) is 41.0 Å². The molecule has 0 radical (unpaired) electrons. The van der Waals surface area contributed by atoms with Crippen LogP contribution in [0.3, 0.4) is 0 Å². The van der Waals surface area contributed by atoms with Crippen LogP contribution in [-0.2, 0) is 9.59 Å². The molecule has 1 N–H and O–H groups in total. The van der Waals surface area contributed by atoms with E-state index < -0.39 is 17.4 Å². The molecule has 2 atom stereocenters. The van der Waals surface area contributed by atoms with Gasteiger partial charge in [-0.1, -0.05) is 18.2 Å². The third-order valence-corrected chi connectivity index (χ3v) is 5.12. The summed E-state index contributed by atoms with van der Waals surface area (Å²) in [5.41, 5.74) is -0.309. The molecule has 6 nitrogen and oxygen atoms in total. The maximum absolute atomic E-state index is 12.8. The van der Waals surface area contributed by atoms with Crippen molar-refractivity contribution < 1.29 is 19.5 Å². The van der Waals surface area contributed by atoms with Crippen LogP contribution in [0.1, 0.15) is 36.5 Å². The minimum Gasteiger partial charge on any atom is -0.481 e. The second kappa shape index (κ2) is 6.26. The highest BCUT2D eigenvalue weighted by molar-refractivity contribution is 5.98. The van der Waals surface area contributed by atoms with Gasteiger partial charge in [0.05, 0.1) is 5.41 Å². The van der Waals surface area contributed by atoms with Crippen molar-refractivity contribution in [1.82, 2.24) is 9.80 Å². The quantitative estimate of drug-likeness (QED) is 0.913. The Hall–Kier alpha value is -2.37. The van der Waals surface area contributed by atoms with Crippen molar-refractivity contribution in [3.05, 3.63) is 35.9 Å². The Kier molecular flexibility index (Phi) is 4.30. The molecule has 1 aromatic carbocycles. The summed E-state index contributed by atoms with van der Waals surface area (Å²) in [5.74, 6) is -1.13. The van der Waals surface area contributed by atoms with Gasteiger partial charge in [0.15, 0.2) is 0 Å². The molecule has 0 aromatic heterocycles. The lowest BCUT2D eigenvalue weighted by molar-refractivity contribution is -0.147. The first kappa shape index (κ1) is 16.5. The maximum Gasteiger partial charge on any atom is 0.311 e.